The Labute approximate surface area is 63.0 Å². The largest absolute Gasteiger partial charge is 0.327 e. The molecule has 0 radical (unpaired) electrons. The first-order valence-corrected chi connectivity index (χ1v) is 4.47. The van der Waals surface area contributed by atoms with Crippen LogP contribution in [0.3, 0.4) is 0 Å². The molecule has 0 amide bonds. The molecule has 10 heavy (non-hydrogen) atoms. The van der Waals surface area contributed by atoms with Crippen molar-refractivity contribution in [2.75, 3.05) is 0 Å². The first-order valence-electron chi connectivity index (χ1n) is 4.47. The third-order valence-electron chi connectivity index (χ3n) is 3.83. The average Bonchev–Trinajstić information content (AvgIpc) is 2.27. The maximum atomic E-state index is 6.00. The van der Waals surface area contributed by atoms with E-state index < -0.39 is 0 Å². The standard InChI is InChI=1S/C9H17N/c1-5-3-4-7-6(2)9(10)8(5)7/h5-9H,3-4,10H2,1-2H3. The summed E-state index contributed by atoms with van der Waals surface area (Å²) in [5, 5.41) is 0. The van der Waals surface area contributed by atoms with Gasteiger partial charge in [-0.1, -0.05) is 20.3 Å². The molecule has 0 aromatic rings. The zero-order chi connectivity index (χ0) is 7.30. The van der Waals surface area contributed by atoms with Gasteiger partial charge in [0.15, 0.2) is 0 Å². The predicted molar refractivity (Wildman–Crippen MR) is 42.5 cm³/mol. The van der Waals surface area contributed by atoms with Crippen molar-refractivity contribution in [3.8, 4) is 0 Å². The van der Waals surface area contributed by atoms with Gasteiger partial charge < -0.3 is 5.73 Å². The van der Waals surface area contributed by atoms with Crippen molar-refractivity contribution in [1.29, 1.82) is 0 Å². The topological polar surface area (TPSA) is 26.0 Å². The molecule has 0 aromatic heterocycles. The van der Waals surface area contributed by atoms with Crippen molar-refractivity contribution in [2.45, 2.75) is 32.7 Å². The molecular weight excluding hydrogens is 122 g/mol. The van der Waals surface area contributed by atoms with Crippen LogP contribution in [0, 0.1) is 23.7 Å². The Balaban J connectivity index is 2.09. The highest BCUT2D eigenvalue weighted by molar-refractivity contribution is 5.03. The molecule has 0 aliphatic heterocycles. The first kappa shape index (κ1) is 6.66. The van der Waals surface area contributed by atoms with Crippen LogP contribution in [0.2, 0.25) is 0 Å². The molecule has 0 bridgehead atoms. The smallest absolute Gasteiger partial charge is 0.0101 e. The van der Waals surface area contributed by atoms with Gasteiger partial charge in [-0.2, -0.15) is 0 Å². The van der Waals surface area contributed by atoms with E-state index in [0.29, 0.717) is 6.04 Å². The Morgan fingerprint density at radius 3 is 2.50 bits per heavy atom. The molecule has 1 heteroatoms. The van der Waals surface area contributed by atoms with Gasteiger partial charge in [0.1, 0.15) is 0 Å². The lowest BCUT2D eigenvalue weighted by Gasteiger charge is -2.47. The highest BCUT2D eigenvalue weighted by atomic mass is 14.8. The summed E-state index contributed by atoms with van der Waals surface area (Å²) in [5.74, 6) is 3.60. The number of nitrogens with two attached hydrogens (primary N) is 1. The van der Waals surface area contributed by atoms with Crippen LogP contribution in [0.1, 0.15) is 26.7 Å². The van der Waals surface area contributed by atoms with Crippen LogP contribution in [-0.4, -0.2) is 6.04 Å². The number of hydrogen-bond donors (Lipinski definition) is 1. The number of fused-ring (bicyclic) bond motifs is 1. The zero-order valence-corrected chi connectivity index (χ0v) is 6.88. The third kappa shape index (κ3) is 0.619. The molecule has 1 nitrogen and oxygen atoms in total. The molecule has 58 valence electrons. The molecule has 0 spiro atoms. The highest BCUT2D eigenvalue weighted by Crippen LogP contribution is 2.52. The highest BCUT2D eigenvalue weighted by Gasteiger charge is 2.51. The molecule has 2 saturated carbocycles. The van der Waals surface area contributed by atoms with Gasteiger partial charge in [-0.15, -0.1) is 0 Å². The summed E-state index contributed by atoms with van der Waals surface area (Å²) in [6.45, 7) is 4.67. The van der Waals surface area contributed by atoms with Gasteiger partial charge in [-0.05, 0) is 30.1 Å². The van der Waals surface area contributed by atoms with Gasteiger partial charge in [0.25, 0.3) is 0 Å². The van der Waals surface area contributed by atoms with Gasteiger partial charge in [-0.3, -0.25) is 0 Å². The Morgan fingerprint density at radius 2 is 1.90 bits per heavy atom. The van der Waals surface area contributed by atoms with Crippen LogP contribution >= 0.6 is 0 Å². The van der Waals surface area contributed by atoms with E-state index in [1.165, 1.54) is 12.8 Å². The summed E-state index contributed by atoms with van der Waals surface area (Å²) in [6, 6.07) is 0.530. The van der Waals surface area contributed by atoms with E-state index in [1.54, 1.807) is 0 Å². The Hall–Kier alpha value is -0.0400. The molecule has 0 saturated heterocycles. The minimum Gasteiger partial charge on any atom is -0.327 e. The van der Waals surface area contributed by atoms with Crippen LogP contribution in [-0.2, 0) is 0 Å². The minimum atomic E-state index is 0.530. The van der Waals surface area contributed by atoms with Gasteiger partial charge in [0, 0.05) is 6.04 Å². The minimum absolute atomic E-state index is 0.530. The van der Waals surface area contributed by atoms with Gasteiger partial charge in [0.05, 0.1) is 0 Å². The summed E-state index contributed by atoms with van der Waals surface area (Å²) < 4.78 is 0. The molecule has 2 N–H and O–H groups in total. The number of hydrogen-bond acceptors (Lipinski definition) is 1. The lowest BCUT2D eigenvalue weighted by molar-refractivity contribution is 0.0561. The Bertz CT molecular complexity index is 144. The Morgan fingerprint density at radius 1 is 1.20 bits per heavy atom. The van der Waals surface area contributed by atoms with Crippen LogP contribution in [0.5, 0.6) is 0 Å². The van der Waals surface area contributed by atoms with E-state index in [2.05, 4.69) is 13.8 Å². The van der Waals surface area contributed by atoms with E-state index in [0.717, 1.165) is 23.7 Å². The van der Waals surface area contributed by atoms with E-state index in [4.69, 9.17) is 5.73 Å². The predicted octanol–water partition coefficient (Wildman–Crippen LogP) is 1.63. The van der Waals surface area contributed by atoms with Crippen molar-refractivity contribution < 1.29 is 0 Å². The second-order valence-electron chi connectivity index (χ2n) is 4.23. The fraction of sp³-hybridized carbons (Fsp3) is 1.00. The van der Waals surface area contributed by atoms with Crippen molar-refractivity contribution >= 4 is 0 Å². The van der Waals surface area contributed by atoms with Gasteiger partial charge in [-0.25, -0.2) is 0 Å². The molecule has 2 aliphatic rings. The maximum absolute atomic E-state index is 6.00. The van der Waals surface area contributed by atoms with Crippen LogP contribution in [0.15, 0.2) is 0 Å². The second kappa shape index (κ2) is 1.97. The normalized spacial score (nSPS) is 59.7. The summed E-state index contributed by atoms with van der Waals surface area (Å²) in [4.78, 5) is 0. The summed E-state index contributed by atoms with van der Waals surface area (Å²) in [7, 11) is 0. The fourth-order valence-corrected chi connectivity index (χ4v) is 3.03. The zero-order valence-electron chi connectivity index (χ0n) is 6.88. The lowest BCUT2D eigenvalue weighted by Crippen LogP contribution is -2.54. The fourth-order valence-electron chi connectivity index (χ4n) is 3.03. The molecule has 2 rings (SSSR count). The van der Waals surface area contributed by atoms with E-state index >= 15 is 0 Å². The summed E-state index contributed by atoms with van der Waals surface area (Å²) in [6.07, 6.45) is 2.87. The van der Waals surface area contributed by atoms with Crippen molar-refractivity contribution in [3.63, 3.8) is 0 Å². The molecule has 0 heterocycles. The molecule has 5 atom stereocenters. The first-order chi connectivity index (χ1) is 4.72. The summed E-state index contributed by atoms with van der Waals surface area (Å²) >= 11 is 0. The van der Waals surface area contributed by atoms with Gasteiger partial charge >= 0.3 is 0 Å². The van der Waals surface area contributed by atoms with Crippen LogP contribution < -0.4 is 5.73 Å². The maximum Gasteiger partial charge on any atom is 0.0101 e. The molecule has 2 aliphatic carbocycles. The number of rotatable bonds is 0. The van der Waals surface area contributed by atoms with Crippen LogP contribution in [0.25, 0.3) is 0 Å². The van der Waals surface area contributed by atoms with Crippen molar-refractivity contribution in [1.82, 2.24) is 0 Å². The molecule has 5 unspecified atom stereocenters. The monoisotopic (exact) mass is 139 g/mol. The Kier molecular flexibility index (Phi) is 1.31. The SMILES string of the molecule is CC1CCC2C(C)C(N)C12. The average molecular weight is 139 g/mol. The third-order valence-corrected chi connectivity index (χ3v) is 3.83. The molecule has 0 aromatic carbocycles. The van der Waals surface area contributed by atoms with E-state index in [-0.39, 0.29) is 0 Å². The van der Waals surface area contributed by atoms with Crippen molar-refractivity contribution in [3.05, 3.63) is 0 Å². The molecule has 2 fully saturated rings. The quantitative estimate of drug-likeness (QED) is 0.542. The van der Waals surface area contributed by atoms with Gasteiger partial charge in [0.2, 0.25) is 0 Å². The van der Waals surface area contributed by atoms with E-state index in [1.807, 2.05) is 0 Å². The van der Waals surface area contributed by atoms with Crippen LogP contribution in [0.4, 0.5) is 0 Å². The van der Waals surface area contributed by atoms with Crippen molar-refractivity contribution in [2.24, 2.45) is 29.4 Å². The molecular formula is C9H17N. The summed E-state index contributed by atoms with van der Waals surface area (Å²) in [5.41, 5.74) is 6.00. The lowest BCUT2D eigenvalue weighted by atomic mass is 9.62. The van der Waals surface area contributed by atoms with E-state index in [9.17, 15) is 0 Å². The second-order valence-corrected chi connectivity index (χ2v) is 4.23.